The van der Waals surface area contributed by atoms with Crippen LogP contribution in [-0.4, -0.2) is 34.1 Å². The van der Waals surface area contributed by atoms with Crippen LogP contribution in [0.3, 0.4) is 0 Å². The average Bonchev–Trinajstić information content (AvgIpc) is 3.10. The molecule has 1 fully saturated rings. The van der Waals surface area contributed by atoms with Gasteiger partial charge in [0, 0.05) is 7.05 Å². The number of nitrogens with zero attached hydrogens (tertiary/aromatic N) is 3. The fourth-order valence-electron chi connectivity index (χ4n) is 2.83. The first-order valence-corrected chi connectivity index (χ1v) is 8.31. The molecule has 0 spiro atoms. The number of fused-ring (bicyclic) bond motifs is 1. The van der Waals surface area contributed by atoms with Crippen LogP contribution in [0, 0.1) is 5.92 Å². The second-order valence-electron chi connectivity index (χ2n) is 6.66. The van der Waals surface area contributed by atoms with Crippen LogP contribution in [0.5, 0.6) is 0 Å². The van der Waals surface area contributed by atoms with Crippen molar-refractivity contribution in [2.24, 2.45) is 18.0 Å². The molecule has 1 saturated heterocycles. The van der Waals surface area contributed by atoms with Gasteiger partial charge < -0.3 is 9.88 Å². The topological polar surface area (TPSA) is 71.3 Å². The third kappa shape index (κ3) is 3.87. The molecule has 1 amide bonds. The SMILES string of the molecule is CC(C)CC(CF)N=C1NC(=O)/C(=C/c2ccc3ncn(C)c3c2)N1. The lowest BCUT2D eigenvalue weighted by molar-refractivity contribution is -0.115. The molecule has 2 N–H and O–H groups in total. The van der Waals surface area contributed by atoms with Gasteiger partial charge in [0.15, 0.2) is 0 Å². The number of aliphatic imine (C=N–C) groups is 1. The highest BCUT2D eigenvalue weighted by atomic mass is 19.1. The Balaban J connectivity index is 1.81. The van der Waals surface area contributed by atoms with Crippen molar-refractivity contribution in [3.8, 4) is 0 Å². The van der Waals surface area contributed by atoms with Gasteiger partial charge in [-0.25, -0.2) is 14.4 Å². The van der Waals surface area contributed by atoms with Gasteiger partial charge in [-0.05, 0) is 36.1 Å². The molecule has 25 heavy (non-hydrogen) atoms. The zero-order chi connectivity index (χ0) is 18.0. The number of amides is 1. The molecule has 1 aliphatic rings. The van der Waals surface area contributed by atoms with Crippen molar-refractivity contribution in [3.63, 3.8) is 0 Å². The third-order valence-electron chi connectivity index (χ3n) is 4.02. The molecule has 2 heterocycles. The molecule has 6 nitrogen and oxygen atoms in total. The minimum atomic E-state index is -0.546. The van der Waals surface area contributed by atoms with Gasteiger partial charge in [-0.15, -0.1) is 0 Å². The molecule has 2 aromatic rings. The quantitative estimate of drug-likeness (QED) is 0.819. The first kappa shape index (κ1) is 17.1. The molecule has 132 valence electrons. The largest absolute Gasteiger partial charge is 0.334 e. The smallest absolute Gasteiger partial charge is 0.274 e. The summed E-state index contributed by atoms with van der Waals surface area (Å²) in [5, 5.41) is 5.60. The number of imidazole rings is 1. The van der Waals surface area contributed by atoms with Crippen molar-refractivity contribution in [1.29, 1.82) is 0 Å². The van der Waals surface area contributed by atoms with Crippen molar-refractivity contribution in [2.75, 3.05) is 6.67 Å². The van der Waals surface area contributed by atoms with Gasteiger partial charge in [0.05, 0.1) is 23.4 Å². The monoisotopic (exact) mass is 343 g/mol. The summed E-state index contributed by atoms with van der Waals surface area (Å²) in [6.45, 7) is 3.49. The molecular weight excluding hydrogens is 321 g/mol. The third-order valence-corrected chi connectivity index (χ3v) is 4.02. The van der Waals surface area contributed by atoms with Crippen LogP contribution < -0.4 is 10.6 Å². The number of carbonyl (C=O) groups is 1. The Bertz CT molecular complexity index is 852. The van der Waals surface area contributed by atoms with Crippen LogP contribution in [0.15, 0.2) is 35.2 Å². The van der Waals surface area contributed by atoms with Crippen LogP contribution in [0.4, 0.5) is 4.39 Å². The van der Waals surface area contributed by atoms with E-state index in [1.54, 1.807) is 12.4 Å². The van der Waals surface area contributed by atoms with Crippen LogP contribution >= 0.6 is 0 Å². The van der Waals surface area contributed by atoms with Gasteiger partial charge in [-0.1, -0.05) is 19.9 Å². The maximum atomic E-state index is 13.1. The Morgan fingerprint density at radius 3 is 2.88 bits per heavy atom. The van der Waals surface area contributed by atoms with E-state index in [0.717, 1.165) is 16.6 Å². The van der Waals surface area contributed by atoms with Crippen LogP contribution in [0.25, 0.3) is 17.1 Å². The number of nitrogens with one attached hydrogen (secondary N) is 2. The second kappa shape index (κ2) is 7.04. The van der Waals surface area contributed by atoms with Gasteiger partial charge >= 0.3 is 0 Å². The highest BCUT2D eigenvalue weighted by Crippen LogP contribution is 2.17. The average molecular weight is 343 g/mol. The van der Waals surface area contributed by atoms with Crippen molar-refractivity contribution >= 4 is 29.0 Å². The first-order chi connectivity index (χ1) is 12.0. The summed E-state index contributed by atoms with van der Waals surface area (Å²) < 4.78 is 15.0. The van der Waals surface area contributed by atoms with E-state index in [1.807, 2.05) is 43.7 Å². The van der Waals surface area contributed by atoms with E-state index >= 15 is 0 Å². The Kier molecular flexibility index (Phi) is 4.83. The van der Waals surface area contributed by atoms with Crippen LogP contribution in [-0.2, 0) is 11.8 Å². The molecule has 1 atom stereocenters. The van der Waals surface area contributed by atoms with Gasteiger partial charge in [0.2, 0.25) is 5.96 Å². The number of guanidine groups is 1. The van der Waals surface area contributed by atoms with Crippen LogP contribution in [0.2, 0.25) is 0 Å². The minimum absolute atomic E-state index is 0.272. The second-order valence-corrected chi connectivity index (χ2v) is 6.66. The normalized spacial score (nSPS) is 19.0. The maximum absolute atomic E-state index is 13.1. The molecule has 7 heteroatoms. The number of carbonyl (C=O) groups excluding carboxylic acids is 1. The van der Waals surface area contributed by atoms with E-state index in [2.05, 4.69) is 20.6 Å². The molecular formula is C18H22FN5O. The number of aryl methyl sites for hydroxylation is 1. The van der Waals surface area contributed by atoms with Crippen molar-refractivity contribution in [1.82, 2.24) is 20.2 Å². The molecule has 3 rings (SSSR count). The Morgan fingerprint density at radius 2 is 2.16 bits per heavy atom. The highest BCUT2D eigenvalue weighted by Gasteiger charge is 2.23. The predicted octanol–water partition coefficient (Wildman–Crippen LogP) is 2.37. The summed E-state index contributed by atoms with van der Waals surface area (Å²) in [7, 11) is 1.92. The lowest BCUT2D eigenvalue weighted by Gasteiger charge is -2.11. The first-order valence-electron chi connectivity index (χ1n) is 8.31. The number of benzene rings is 1. The summed E-state index contributed by atoms with van der Waals surface area (Å²) in [6, 6.07) is 5.32. The minimum Gasteiger partial charge on any atom is -0.334 e. The van der Waals surface area contributed by atoms with Gasteiger partial charge in [0.25, 0.3) is 5.91 Å². The fraction of sp³-hybridized carbons (Fsp3) is 0.389. The molecule has 1 unspecified atom stereocenters. The molecule has 0 aliphatic carbocycles. The predicted molar refractivity (Wildman–Crippen MR) is 96.6 cm³/mol. The zero-order valence-electron chi connectivity index (χ0n) is 14.6. The summed E-state index contributed by atoms with van der Waals surface area (Å²) in [5.74, 6) is 0.370. The van der Waals surface area contributed by atoms with Gasteiger partial charge in [-0.2, -0.15) is 0 Å². The van der Waals surface area contributed by atoms with E-state index in [0.29, 0.717) is 24.0 Å². The number of hydrogen-bond acceptors (Lipinski definition) is 3. The number of aromatic nitrogens is 2. The summed E-state index contributed by atoms with van der Waals surface area (Å²) in [4.78, 5) is 20.7. The molecule has 1 aromatic carbocycles. The lowest BCUT2D eigenvalue weighted by Crippen LogP contribution is -2.28. The zero-order valence-corrected chi connectivity index (χ0v) is 14.6. The Hall–Kier alpha value is -2.70. The molecule has 1 aromatic heterocycles. The van der Waals surface area contributed by atoms with Gasteiger partial charge in [0.1, 0.15) is 12.4 Å². The molecule has 0 bridgehead atoms. The molecule has 0 radical (unpaired) electrons. The number of alkyl halides is 1. The number of halogens is 1. The summed E-state index contributed by atoms with van der Waals surface area (Å²) >= 11 is 0. The lowest BCUT2D eigenvalue weighted by atomic mass is 10.1. The number of hydrogen-bond donors (Lipinski definition) is 2. The van der Waals surface area contributed by atoms with E-state index < -0.39 is 12.7 Å². The molecule has 1 aliphatic heterocycles. The molecule has 0 saturated carbocycles. The number of rotatable bonds is 5. The van der Waals surface area contributed by atoms with E-state index in [1.165, 1.54) is 0 Å². The maximum Gasteiger partial charge on any atom is 0.274 e. The van der Waals surface area contributed by atoms with Crippen molar-refractivity contribution in [3.05, 3.63) is 35.8 Å². The Labute approximate surface area is 145 Å². The van der Waals surface area contributed by atoms with Crippen molar-refractivity contribution < 1.29 is 9.18 Å². The highest BCUT2D eigenvalue weighted by molar-refractivity contribution is 6.15. The van der Waals surface area contributed by atoms with E-state index in [4.69, 9.17) is 0 Å². The van der Waals surface area contributed by atoms with Gasteiger partial charge in [-0.3, -0.25) is 10.1 Å². The fourth-order valence-corrected chi connectivity index (χ4v) is 2.83. The van der Waals surface area contributed by atoms with E-state index in [-0.39, 0.29) is 5.91 Å². The van der Waals surface area contributed by atoms with Crippen molar-refractivity contribution in [2.45, 2.75) is 26.3 Å². The summed E-state index contributed by atoms with van der Waals surface area (Å²) in [5.41, 5.74) is 3.15. The summed E-state index contributed by atoms with van der Waals surface area (Å²) in [6.07, 6.45) is 4.13. The standard InChI is InChI=1S/C18H22FN5O/c1-11(2)6-13(9-19)21-18-22-15(17(25)23-18)7-12-4-5-14-16(8-12)24(3)10-20-14/h4-5,7-8,10-11,13H,6,9H2,1-3H3,(H2,21,22,23,25)/b15-7-. The van der Waals surface area contributed by atoms with E-state index in [9.17, 15) is 9.18 Å². The van der Waals surface area contributed by atoms with Crippen LogP contribution in [0.1, 0.15) is 25.8 Å². The Morgan fingerprint density at radius 1 is 1.36 bits per heavy atom.